The van der Waals surface area contributed by atoms with Crippen molar-refractivity contribution in [1.82, 2.24) is 4.98 Å². The summed E-state index contributed by atoms with van der Waals surface area (Å²) in [5.74, 6) is -0.919. The summed E-state index contributed by atoms with van der Waals surface area (Å²) < 4.78 is 0. The number of hydrogen-bond donors (Lipinski definition) is 1. The van der Waals surface area contributed by atoms with Gasteiger partial charge in [0, 0.05) is 10.8 Å². The van der Waals surface area contributed by atoms with Gasteiger partial charge in [-0.2, -0.15) is 0 Å². The number of carboxylic acid groups (broad SMARTS) is 1. The fourth-order valence-corrected chi connectivity index (χ4v) is 2.37. The Morgan fingerprint density at radius 1 is 1.05 bits per heavy atom. The number of carbonyl (C=O) groups is 1. The average Bonchev–Trinajstić information content (AvgIpc) is 2.40. The van der Waals surface area contributed by atoms with Gasteiger partial charge < -0.3 is 5.11 Å². The third kappa shape index (κ3) is 1.74. The molecule has 1 N–H and O–H groups in total. The van der Waals surface area contributed by atoms with Gasteiger partial charge in [-0.25, -0.2) is 9.78 Å². The summed E-state index contributed by atoms with van der Waals surface area (Å²) >= 11 is 0. The van der Waals surface area contributed by atoms with Gasteiger partial charge in [0.25, 0.3) is 0 Å². The Kier molecular flexibility index (Phi) is 2.49. The molecule has 0 amide bonds. The van der Waals surface area contributed by atoms with Crippen LogP contribution in [0.5, 0.6) is 0 Å². The molecule has 0 unspecified atom stereocenters. The first-order chi connectivity index (χ1) is 9.08. The number of nitrogens with zero attached hydrogens (tertiary/aromatic N) is 1. The Balaban J connectivity index is 2.50. The van der Waals surface area contributed by atoms with Gasteiger partial charge in [0.2, 0.25) is 0 Å². The summed E-state index contributed by atoms with van der Waals surface area (Å²) in [6.45, 7) is 4.08. The average molecular weight is 251 g/mol. The number of fused-ring (bicyclic) bond motifs is 2. The van der Waals surface area contributed by atoms with Crippen LogP contribution in [0.1, 0.15) is 21.5 Å². The Labute approximate surface area is 110 Å². The lowest BCUT2D eigenvalue weighted by atomic mass is 10.0. The molecular formula is C16H13NO2. The quantitative estimate of drug-likeness (QED) is 0.671. The van der Waals surface area contributed by atoms with Gasteiger partial charge in [0.15, 0.2) is 0 Å². The van der Waals surface area contributed by atoms with Crippen LogP contribution in [0.3, 0.4) is 0 Å². The van der Waals surface area contributed by atoms with Crippen LogP contribution in [-0.4, -0.2) is 16.1 Å². The monoisotopic (exact) mass is 251 g/mol. The third-order valence-corrected chi connectivity index (χ3v) is 3.61. The summed E-state index contributed by atoms with van der Waals surface area (Å²) in [5.41, 5.74) is 4.25. The van der Waals surface area contributed by atoms with Gasteiger partial charge >= 0.3 is 5.97 Å². The molecular weight excluding hydrogens is 238 g/mol. The topological polar surface area (TPSA) is 50.2 Å². The fraction of sp³-hybridized carbons (Fsp3) is 0.125. The minimum Gasteiger partial charge on any atom is -0.478 e. The molecule has 3 aromatic rings. The van der Waals surface area contributed by atoms with Crippen molar-refractivity contribution in [3.05, 3.63) is 53.1 Å². The maximum absolute atomic E-state index is 11.3. The maximum Gasteiger partial charge on any atom is 0.336 e. The van der Waals surface area contributed by atoms with Gasteiger partial charge in [-0.15, -0.1) is 0 Å². The largest absolute Gasteiger partial charge is 0.478 e. The van der Waals surface area contributed by atoms with Crippen molar-refractivity contribution in [2.24, 2.45) is 0 Å². The third-order valence-electron chi connectivity index (χ3n) is 3.61. The van der Waals surface area contributed by atoms with Crippen molar-refractivity contribution in [2.45, 2.75) is 13.8 Å². The maximum atomic E-state index is 11.3. The number of carboxylic acids is 1. The van der Waals surface area contributed by atoms with E-state index >= 15 is 0 Å². The van der Waals surface area contributed by atoms with Crippen LogP contribution in [-0.2, 0) is 0 Å². The van der Waals surface area contributed by atoms with Crippen LogP contribution >= 0.6 is 0 Å². The molecule has 0 atom stereocenters. The van der Waals surface area contributed by atoms with Crippen LogP contribution in [0, 0.1) is 13.8 Å². The Bertz CT molecular complexity index is 822. The first kappa shape index (κ1) is 11.7. The Hall–Kier alpha value is -2.42. The van der Waals surface area contributed by atoms with E-state index < -0.39 is 5.97 Å². The second kappa shape index (κ2) is 4.05. The lowest BCUT2D eigenvalue weighted by Crippen LogP contribution is -1.98. The highest BCUT2D eigenvalue weighted by atomic mass is 16.4. The van der Waals surface area contributed by atoms with E-state index in [0.717, 1.165) is 22.0 Å². The van der Waals surface area contributed by atoms with Crippen molar-refractivity contribution in [2.75, 3.05) is 0 Å². The lowest BCUT2D eigenvalue weighted by Gasteiger charge is -2.08. The molecule has 1 heterocycles. The minimum absolute atomic E-state index is 0.299. The van der Waals surface area contributed by atoms with Crippen LogP contribution < -0.4 is 0 Å². The molecule has 0 spiro atoms. The van der Waals surface area contributed by atoms with E-state index in [-0.39, 0.29) is 0 Å². The first-order valence-electron chi connectivity index (χ1n) is 6.11. The molecule has 0 radical (unpaired) electrons. The van der Waals surface area contributed by atoms with Crippen molar-refractivity contribution in [3.8, 4) is 0 Å². The van der Waals surface area contributed by atoms with Crippen LogP contribution in [0.4, 0.5) is 0 Å². The summed E-state index contributed by atoms with van der Waals surface area (Å²) in [7, 11) is 0. The van der Waals surface area contributed by atoms with Crippen LogP contribution in [0.25, 0.3) is 21.8 Å². The van der Waals surface area contributed by atoms with Gasteiger partial charge in [-0.1, -0.05) is 12.1 Å². The molecule has 94 valence electrons. The highest BCUT2D eigenvalue weighted by Gasteiger charge is 2.11. The molecule has 3 nitrogen and oxygen atoms in total. The molecule has 0 aliphatic carbocycles. The number of hydrogen-bond acceptors (Lipinski definition) is 2. The van der Waals surface area contributed by atoms with Gasteiger partial charge in [-0.05, 0) is 49.2 Å². The molecule has 1 aromatic heterocycles. The van der Waals surface area contributed by atoms with E-state index in [9.17, 15) is 9.90 Å². The highest BCUT2D eigenvalue weighted by Crippen LogP contribution is 2.26. The number of pyridine rings is 1. The number of aryl methyl sites for hydroxylation is 2. The van der Waals surface area contributed by atoms with Crippen molar-refractivity contribution in [3.63, 3.8) is 0 Å². The second-order valence-corrected chi connectivity index (χ2v) is 4.74. The van der Waals surface area contributed by atoms with Crippen molar-refractivity contribution in [1.29, 1.82) is 0 Å². The highest BCUT2D eigenvalue weighted by molar-refractivity contribution is 6.06. The molecule has 0 saturated heterocycles. The number of aromatic nitrogens is 1. The zero-order chi connectivity index (χ0) is 13.6. The fourth-order valence-electron chi connectivity index (χ4n) is 2.37. The zero-order valence-corrected chi connectivity index (χ0v) is 10.8. The summed E-state index contributed by atoms with van der Waals surface area (Å²) in [6.07, 6.45) is 0. The van der Waals surface area contributed by atoms with Gasteiger partial charge in [0.05, 0.1) is 16.6 Å². The normalized spacial score (nSPS) is 11.1. The molecule has 0 aliphatic heterocycles. The van der Waals surface area contributed by atoms with E-state index in [0.29, 0.717) is 10.9 Å². The molecule has 19 heavy (non-hydrogen) atoms. The Morgan fingerprint density at radius 2 is 1.79 bits per heavy atom. The second-order valence-electron chi connectivity index (χ2n) is 4.74. The van der Waals surface area contributed by atoms with E-state index in [1.807, 2.05) is 38.1 Å². The van der Waals surface area contributed by atoms with Crippen molar-refractivity contribution >= 4 is 27.8 Å². The van der Waals surface area contributed by atoms with E-state index in [4.69, 9.17) is 0 Å². The lowest BCUT2D eigenvalue weighted by molar-refractivity contribution is 0.0699. The predicted octanol–water partition coefficient (Wildman–Crippen LogP) is 3.70. The summed E-state index contributed by atoms with van der Waals surface area (Å²) in [4.78, 5) is 15.8. The molecule has 3 heteroatoms. The predicted molar refractivity (Wildman–Crippen MR) is 75.7 cm³/mol. The first-order valence-corrected chi connectivity index (χ1v) is 6.11. The van der Waals surface area contributed by atoms with E-state index in [1.165, 1.54) is 5.56 Å². The standard InChI is InChI=1S/C16H13NO2/c1-9-6-7-15-12(10(9)2)8-13-11(16(18)19)4-3-5-14(13)17-15/h3-8H,1-2H3,(H,18,19). The number of benzene rings is 2. The Morgan fingerprint density at radius 3 is 2.53 bits per heavy atom. The number of aromatic carboxylic acids is 1. The molecule has 0 saturated carbocycles. The zero-order valence-electron chi connectivity index (χ0n) is 10.8. The van der Waals surface area contributed by atoms with Gasteiger partial charge in [-0.3, -0.25) is 0 Å². The van der Waals surface area contributed by atoms with Gasteiger partial charge in [0.1, 0.15) is 0 Å². The van der Waals surface area contributed by atoms with E-state index in [2.05, 4.69) is 4.98 Å². The smallest absolute Gasteiger partial charge is 0.336 e. The number of rotatable bonds is 1. The summed E-state index contributed by atoms with van der Waals surface area (Å²) in [5, 5.41) is 11.0. The molecule has 2 aromatic carbocycles. The summed E-state index contributed by atoms with van der Waals surface area (Å²) in [6, 6.07) is 11.1. The van der Waals surface area contributed by atoms with E-state index in [1.54, 1.807) is 12.1 Å². The van der Waals surface area contributed by atoms with Crippen molar-refractivity contribution < 1.29 is 9.90 Å². The van der Waals surface area contributed by atoms with Crippen LogP contribution in [0.2, 0.25) is 0 Å². The minimum atomic E-state index is -0.919. The molecule has 0 fully saturated rings. The molecule has 0 aliphatic rings. The molecule has 0 bridgehead atoms. The SMILES string of the molecule is Cc1ccc2nc3cccc(C(=O)O)c3cc2c1C. The molecule has 3 rings (SSSR count). The van der Waals surface area contributed by atoms with Crippen LogP contribution in [0.15, 0.2) is 36.4 Å².